The smallest absolute Gasteiger partial charge is 0.338 e. The third kappa shape index (κ3) is 5.16. The van der Waals surface area contributed by atoms with Gasteiger partial charge in [-0.15, -0.1) is 0 Å². The van der Waals surface area contributed by atoms with Crippen LogP contribution in [0, 0.1) is 0 Å². The predicted octanol–water partition coefficient (Wildman–Crippen LogP) is 1.04. The first-order chi connectivity index (χ1) is 12.4. The number of esters is 1. The van der Waals surface area contributed by atoms with E-state index >= 15 is 0 Å². The summed E-state index contributed by atoms with van der Waals surface area (Å²) in [4.78, 5) is 23.4. The molecular weight excluding hydrogens is 384 g/mol. The van der Waals surface area contributed by atoms with Crippen LogP contribution >= 0.6 is 11.6 Å². The van der Waals surface area contributed by atoms with Gasteiger partial charge in [0.25, 0.3) is 5.91 Å². The summed E-state index contributed by atoms with van der Waals surface area (Å²) < 4.78 is 36.8. The zero-order valence-corrected chi connectivity index (χ0v) is 15.9. The van der Waals surface area contributed by atoms with E-state index in [2.05, 4.69) is 5.32 Å². The van der Waals surface area contributed by atoms with E-state index in [1.54, 1.807) is 0 Å². The van der Waals surface area contributed by atoms with Crippen molar-refractivity contribution in [1.29, 1.82) is 0 Å². The standard InChI is InChI=1S/C16H21ClN2O6S/c1-2-5-18-15(20)11-25-16(21)12-3-4-13(17)14(10-12)26(22,23)19-6-8-24-9-7-19/h3-4,10H,2,5-9,11H2,1H3,(H,18,20). The van der Waals surface area contributed by atoms with E-state index in [0.717, 1.165) is 6.42 Å². The van der Waals surface area contributed by atoms with Gasteiger partial charge < -0.3 is 14.8 Å². The lowest BCUT2D eigenvalue weighted by atomic mass is 10.2. The third-order valence-electron chi connectivity index (χ3n) is 3.66. The van der Waals surface area contributed by atoms with E-state index in [9.17, 15) is 18.0 Å². The fraction of sp³-hybridized carbons (Fsp3) is 0.500. The highest BCUT2D eigenvalue weighted by atomic mass is 35.5. The third-order valence-corrected chi connectivity index (χ3v) is 6.04. The molecule has 0 aromatic heterocycles. The number of morpholine rings is 1. The molecule has 1 aromatic rings. The number of hydrogen-bond donors (Lipinski definition) is 1. The number of rotatable bonds is 7. The van der Waals surface area contributed by atoms with E-state index < -0.39 is 28.5 Å². The fourth-order valence-corrected chi connectivity index (χ4v) is 4.19. The molecule has 26 heavy (non-hydrogen) atoms. The van der Waals surface area contributed by atoms with Crippen molar-refractivity contribution in [3.05, 3.63) is 28.8 Å². The zero-order chi connectivity index (χ0) is 19.2. The molecule has 0 spiro atoms. The van der Waals surface area contributed by atoms with Gasteiger partial charge in [-0.3, -0.25) is 4.79 Å². The summed E-state index contributed by atoms with van der Waals surface area (Å²) in [6.45, 7) is 2.97. The molecule has 0 atom stereocenters. The lowest BCUT2D eigenvalue weighted by Crippen LogP contribution is -2.40. The molecule has 1 amide bonds. The summed E-state index contributed by atoms with van der Waals surface area (Å²) in [6, 6.07) is 3.84. The topological polar surface area (TPSA) is 102 Å². The van der Waals surface area contributed by atoms with E-state index in [0.29, 0.717) is 19.8 Å². The number of carbonyl (C=O) groups is 2. The van der Waals surface area contributed by atoms with Crippen LogP contribution in [0.2, 0.25) is 5.02 Å². The van der Waals surface area contributed by atoms with Crippen molar-refractivity contribution in [1.82, 2.24) is 9.62 Å². The van der Waals surface area contributed by atoms with Crippen LogP contribution in [0.25, 0.3) is 0 Å². The normalized spacial score (nSPS) is 15.5. The van der Waals surface area contributed by atoms with Crippen LogP contribution in [-0.4, -0.2) is 64.1 Å². The maximum atomic E-state index is 12.7. The van der Waals surface area contributed by atoms with Crippen molar-refractivity contribution in [3.8, 4) is 0 Å². The second-order valence-electron chi connectivity index (χ2n) is 5.59. The second kappa shape index (κ2) is 9.31. The van der Waals surface area contributed by atoms with Crippen LogP contribution in [0.15, 0.2) is 23.1 Å². The van der Waals surface area contributed by atoms with Crippen LogP contribution < -0.4 is 5.32 Å². The first-order valence-electron chi connectivity index (χ1n) is 8.17. The quantitative estimate of drug-likeness (QED) is 0.681. The Balaban J connectivity index is 2.13. The zero-order valence-electron chi connectivity index (χ0n) is 14.4. The van der Waals surface area contributed by atoms with Crippen molar-refractivity contribution in [2.75, 3.05) is 39.5 Å². The van der Waals surface area contributed by atoms with Gasteiger partial charge in [-0.05, 0) is 24.6 Å². The summed E-state index contributed by atoms with van der Waals surface area (Å²) in [6.07, 6.45) is 0.764. The number of nitrogens with zero attached hydrogens (tertiary/aromatic N) is 1. The van der Waals surface area contributed by atoms with Gasteiger partial charge in [-0.25, -0.2) is 13.2 Å². The molecule has 1 saturated heterocycles. The van der Waals surface area contributed by atoms with Gasteiger partial charge in [0.2, 0.25) is 10.0 Å². The van der Waals surface area contributed by atoms with E-state index in [-0.39, 0.29) is 28.6 Å². The first-order valence-corrected chi connectivity index (χ1v) is 9.99. The number of nitrogens with one attached hydrogen (secondary N) is 1. The van der Waals surface area contributed by atoms with Crippen molar-refractivity contribution >= 4 is 33.5 Å². The SMILES string of the molecule is CCCNC(=O)COC(=O)c1ccc(Cl)c(S(=O)(=O)N2CCOCC2)c1. The summed E-state index contributed by atoms with van der Waals surface area (Å²) >= 11 is 6.04. The average molecular weight is 405 g/mol. The summed E-state index contributed by atoms with van der Waals surface area (Å²) in [7, 11) is -3.86. The molecule has 1 aliphatic heterocycles. The summed E-state index contributed by atoms with van der Waals surface area (Å²) in [5.41, 5.74) is 0.00419. The Bertz CT molecular complexity index is 762. The number of ether oxygens (including phenoxy) is 2. The summed E-state index contributed by atoms with van der Waals surface area (Å²) in [5.74, 6) is -1.22. The molecule has 0 unspecified atom stereocenters. The van der Waals surface area contributed by atoms with Gasteiger partial charge in [0.15, 0.2) is 6.61 Å². The number of halogens is 1. The molecule has 144 valence electrons. The number of sulfonamides is 1. The lowest BCUT2D eigenvalue weighted by Gasteiger charge is -2.26. The van der Waals surface area contributed by atoms with Gasteiger partial charge >= 0.3 is 5.97 Å². The molecule has 1 aliphatic rings. The Morgan fingerprint density at radius 1 is 1.31 bits per heavy atom. The molecule has 0 saturated carbocycles. The highest BCUT2D eigenvalue weighted by Gasteiger charge is 2.29. The average Bonchev–Trinajstić information content (AvgIpc) is 2.65. The number of hydrogen-bond acceptors (Lipinski definition) is 6. The largest absolute Gasteiger partial charge is 0.452 e. The molecule has 2 rings (SSSR count). The molecule has 1 N–H and O–H groups in total. The Morgan fingerprint density at radius 3 is 2.65 bits per heavy atom. The minimum absolute atomic E-state index is 0.00419. The van der Waals surface area contributed by atoms with Crippen LogP contribution in [0.1, 0.15) is 23.7 Å². The predicted molar refractivity (Wildman–Crippen MR) is 94.6 cm³/mol. The number of carbonyl (C=O) groups excluding carboxylic acids is 2. The lowest BCUT2D eigenvalue weighted by molar-refractivity contribution is -0.124. The van der Waals surface area contributed by atoms with Crippen LogP contribution in [0.5, 0.6) is 0 Å². The second-order valence-corrected chi connectivity index (χ2v) is 7.90. The van der Waals surface area contributed by atoms with Crippen molar-refractivity contribution in [2.45, 2.75) is 18.2 Å². The minimum Gasteiger partial charge on any atom is -0.452 e. The fourth-order valence-electron chi connectivity index (χ4n) is 2.28. The van der Waals surface area contributed by atoms with Gasteiger partial charge in [-0.1, -0.05) is 18.5 Å². The molecule has 1 aromatic carbocycles. The molecule has 10 heteroatoms. The summed E-state index contributed by atoms with van der Waals surface area (Å²) in [5, 5.41) is 2.58. The van der Waals surface area contributed by atoms with E-state index in [1.165, 1.54) is 22.5 Å². The Kier molecular flexibility index (Phi) is 7.39. The monoisotopic (exact) mass is 404 g/mol. The van der Waals surface area contributed by atoms with Crippen LogP contribution in [0.4, 0.5) is 0 Å². The van der Waals surface area contributed by atoms with Gasteiger partial charge in [0.05, 0.1) is 23.8 Å². The molecule has 1 heterocycles. The molecule has 1 fully saturated rings. The molecule has 0 radical (unpaired) electrons. The Hall–Kier alpha value is -1.68. The first kappa shape index (κ1) is 20.6. The molecule has 0 bridgehead atoms. The van der Waals surface area contributed by atoms with Gasteiger partial charge in [0.1, 0.15) is 4.90 Å². The van der Waals surface area contributed by atoms with Gasteiger partial charge in [0, 0.05) is 19.6 Å². The van der Waals surface area contributed by atoms with E-state index in [1.807, 2.05) is 6.92 Å². The Morgan fingerprint density at radius 2 is 2.00 bits per heavy atom. The van der Waals surface area contributed by atoms with Crippen molar-refractivity contribution < 1.29 is 27.5 Å². The molecule has 8 nitrogen and oxygen atoms in total. The maximum absolute atomic E-state index is 12.7. The van der Waals surface area contributed by atoms with Crippen molar-refractivity contribution in [3.63, 3.8) is 0 Å². The number of benzene rings is 1. The molecule has 0 aliphatic carbocycles. The highest BCUT2D eigenvalue weighted by molar-refractivity contribution is 7.89. The highest BCUT2D eigenvalue weighted by Crippen LogP contribution is 2.26. The minimum atomic E-state index is -3.86. The van der Waals surface area contributed by atoms with Crippen LogP contribution in [-0.2, 0) is 24.3 Å². The Labute approximate surface area is 157 Å². The van der Waals surface area contributed by atoms with Crippen molar-refractivity contribution in [2.24, 2.45) is 0 Å². The van der Waals surface area contributed by atoms with E-state index in [4.69, 9.17) is 21.1 Å². The molecular formula is C16H21ClN2O6S. The van der Waals surface area contributed by atoms with Crippen LogP contribution in [0.3, 0.4) is 0 Å². The number of amides is 1. The maximum Gasteiger partial charge on any atom is 0.338 e. The van der Waals surface area contributed by atoms with Gasteiger partial charge in [-0.2, -0.15) is 4.31 Å².